The fourth-order valence-electron chi connectivity index (χ4n) is 1.89. The van der Waals surface area contributed by atoms with E-state index in [1.165, 1.54) is 5.56 Å². The van der Waals surface area contributed by atoms with E-state index in [2.05, 4.69) is 30.4 Å². The van der Waals surface area contributed by atoms with Gasteiger partial charge in [-0.3, -0.25) is 0 Å². The van der Waals surface area contributed by atoms with Crippen LogP contribution in [0, 0.1) is 0 Å². The summed E-state index contributed by atoms with van der Waals surface area (Å²) in [7, 11) is 0. The molecule has 0 spiro atoms. The van der Waals surface area contributed by atoms with Crippen molar-refractivity contribution < 1.29 is 4.84 Å². The molecule has 73 valence electrons. The molecule has 0 N–H and O–H groups in total. The van der Waals surface area contributed by atoms with Crippen LogP contribution in [0.4, 0.5) is 0 Å². The maximum absolute atomic E-state index is 5.48. The first-order valence-corrected chi connectivity index (χ1v) is 5.04. The molecule has 1 aromatic carbocycles. The summed E-state index contributed by atoms with van der Waals surface area (Å²) in [5.74, 6) is 0. The van der Waals surface area contributed by atoms with Gasteiger partial charge in [0, 0.05) is 6.42 Å². The summed E-state index contributed by atoms with van der Waals surface area (Å²) < 4.78 is 0. The van der Waals surface area contributed by atoms with Gasteiger partial charge in [-0.2, -0.15) is 0 Å². The van der Waals surface area contributed by atoms with Crippen molar-refractivity contribution in [3.63, 3.8) is 0 Å². The van der Waals surface area contributed by atoms with Crippen LogP contribution in [0.3, 0.4) is 0 Å². The summed E-state index contributed by atoms with van der Waals surface area (Å²) in [6, 6.07) is 10.3. The zero-order valence-electron chi connectivity index (χ0n) is 8.36. The Morgan fingerprint density at radius 3 is 2.79 bits per heavy atom. The molecule has 0 aliphatic carbocycles. The maximum Gasteiger partial charge on any atom is 0.168 e. The van der Waals surface area contributed by atoms with E-state index in [0.717, 1.165) is 19.3 Å². The topological polar surface area (TPSA) is 21.6 Å². The highest BCUT2D eigenvalue weighted by Gasteiger charge is 2.36. The van der Waals surface area contributed by atoms with Gasteiger partial charge in [-0.15, -0.1) is 0 Å². The molecule has 1 radical (unpaired) electrons. The van der Waals surface area contributed by atoms with Crippen LogP contribution in [0.25, 0.3) is 0 Å². The molecule has 0 fully saturated rings. The molecule has 0 bridgehead atoms. The molecule has 1 unspecified atom stereocenters. The third kappa shape index (κ3) is 1.52. The summed E-state index contributed by atoms with van der Waals surface area (Å²) >= 11 is 0. The van der Waals surface area contributed by atoms with Crippen LogP contribution in [0.1, 0.15) is 31.7 Å². The Morgan fingerprint density at radius 2 is 2.21 bits per heavy atom. The minimum Gasteiger partial charge on any atom is -0.384 e. The van der Waals surface area contributed by atoms with Gasteiger partial charge in [-0.05, 0) is 12.0 Å². The number of hydrogen-bond donors (Lipinski definition) is 0. The van der Waals surface area contributed by atoms with E-state index in [1.54, 1.807) is 0 Å². The molecule has 2 heteroatoms. The van der Waals surface area contributed by atoms with Crippen molar-refractivity contribution in [3.8, 4) is 0 Å². The second kappa shape index (κ2) is 3.82. The lowest BCUT2D eigenvalue weighted by atomic mass is 9.87. The molecular weight excluding hydrogens is 174 g/mol. The lowest BCUT2D eigenvalue weighted by molar-refractivity contribution is -0.0305. The fraction of sp³-hybridized carbons (Fsp3) is 0.417. The normalized spacial score (nSPS) is 24.9. The van der Waals surface area contributed by atoms with Gasteiger partial charge in [-0.25, -0.2) is 0 Å². The molecule has 1 aliphatic rings. The number of nitrogens with zero attached hydrogens (tertiary/aromatic N) is 1. The van der Waals surface area contributed by atoms with Gasteiger partial charge < -0.3 is 4.84 Å². The van der Waals surface area contributed by atoms with E-state index in [4.69, 9.17) is 4.84 Å². The van der Waals surface area contributed by atoms with E-state index in [-0.39, 0.29) is 5.60 Å². The van der Waals surface area contributed by atoms with Gasteiger partial charge in [0.2, 0.25) is 0 Å². The first kappa shape index (κ1) is 9.25. The molecule has 1 atom stereocenters. The smallest absolute Gasteiger partial charge is 0.168 e. The van der Waals surface area contributed by atoms with Crippen LogP contribution >= 0.6 is 0 Å². The molecule has 0 amide bonds. The monoisotopic (exact) mass is 188 g/mol. The first-order valence-electron chi connectivity index (χ1n) is 5.04. The Balaban J connectivity index is 2.28. The van der Waals surface area contributed by atoms with E-state index in [0.29, 0.717) is 0 Å². The third-order valence-corrected chi connectivity index (χ3v) is 2.60. The molecule has 14 heavy (non-hydrogen) atoms. The molecule has 0 aromatic heterocycles. The summed E-state index contributed by atoms with van der Waals surface area (Å²) in [5, 5.41) is 3.78. The molecule has 2 nitrogen and oxygen atoms in total. The minimum absolute atomic E-state index is 0.240. The van der Waals surface area contributed by atoms with Crippen molar-refractivity contribution in [2.45, 2.75) is 31.8 Å². The van der Waals surface area contributed by atoms with Gasteiger partial charge in [-0.1, -0.05) is 48.8 Å². The van der Waals surface area contributed by atoms with Crippen LogP contribution in [0.15, 0.2) is 35.5 Å². The Kier molecular flexibility index (Phi) is 2.53. The molecule has 1 aliphatic heterocycles. The Morgan fingerprint density at radius 1 is 1.43 bits per heavy atom. The molecule has 1 aromatic rings. The highest BCUT2D eigenvalue weighted by Crippen LogP contribution is 2.36. The Bertz CT molecular complexity index is 310. The van der Waals surface area contributed by atoms with Crippen molar-refractivity contribution >= 4 is 6.21 Å². The van der Waals surface area contributed by atoms with Gasteiger partial charge >= 0.3 is 0 Å². The lowest BCUT2D eigenvalue weighted by Gasteiger charge is -2.26. The Hall–Kier alpha value is -1.31. The van der Waals surface area contributed by atoms with Crippen molar-refractivity contribution in [1.29, 1.82) is 0 Å². The second-order valence-electron chi connectivity index (χ2n) is 3.63. The average Bonchev–Trinajstić information content (AvgIpc) is 2.70. The molecular formula is C12H14NO. The van der Waals surface area contributed by atoms with Crippen LogP contribution in [0.5, 0.6) is 0 Å². The zero-order chi connectivity index (χ0) is 9.86. The van der Waals surface area contributed by atoms with Crippen molar-refractivity contribution in [1.82, 2.24) is 0 Å². The highest BCUT2D eigenvalue weighted by atomic mass is 16.7. The van der Waals surface area contributed by atoms with E-state index in [9.17, 15) is 0 Å². The summed E-state index contributed by atoms with van der Waals surface area (Å²) in [6.45, 7) is 2.16. The predicted octanol–water partition coefficient (Wildman–Crippen LogP) is 2.97. The summed E-state index contributed by atoms with van der Waals surface area (Å²) in [6.07, 6.45) is 5.75. The van der Waals surface area contributed by atoms with E-state index in [1.807, 2.05) is 18.2 Å². The van der Waals surface area contributed by atoms with Crippen molar-refractivity contribution in [2.24, 2.45) is 5.16 Å². The molecule has 2 rings (SSSR count). The van der Waals surface area contributed by atoms with Crippen LogP contribution in [-0.4, -0.2) is 6.21 Å². The number of hydrogen-bond acceptors (Lipinski definition) is 2. The zero-order valence-corrected chi connectivity index (χ0v) is 8.36. The molecule has 1 heterocycles. The van der Waals surface area contributed by atoms with Crippen LogP contribution in [0.2, 0.25) is 0 Å². The predicted molar refractivity (Wildman–Crippen MR) is 56.2 cm³/mol. The molecule has 0 saturated heterocycles. The van der Waals surface area contributed by atoms with E-state index < -0.39 is 0 Å². The highest BCUT2D eigenvalue weighted by molar-refractivity contribution is 5.60. The largest absolute Gasteiger partial charge is 0.384 e. The number of rotatable bonds is 3. The maximum atomic E-state index is 5.48. The standard InChI is InChI=1S/C12H14NO/c1-2-8-12(9-10-13-14-12)11-6-4-3-5-7-11/h3-7H,2,8-9H2,1H3. The van der Waals surface area contributed by atoms with Crippen molar-refractivity contribution in [3.05, 3.63) is 35.9 Å². The third-order valence-electron chi connectivity index (χ3n) is 2.60. The average molecular weight is 188 g/mol. The quantitative estimate of drug-likeness (QED) is 0.714. The van der Waals surface area contributed by atoms with Crippen LogP contribution in [-0.2, 0) is 10.4 Å². The SMILES string of the molecule is CCCC1(c2ccccc2)C[C]=NO1. The summed E-state index contributed by atoms with van der Waals surface area (Å²) in [5.41, 5.74) is 0.964. The van der Waals surface area contributed by atoms with Crippen molar-refractivity contribution in [2.75, 3.05) is 0 Å². The first-order chi connectivity index (χ1) is 6.87. The van der Waals surface area contributed by atoms with Gasteiger partial charge in [0.25, 0.3) is 0 Å². The van der Waals surface area contributed by atoms with Gasteiger partial charge in [0.1, 0.15) is 6.21 Å². The minimum atomic E-state index is -0.240. The van der Waals surface area contributed by atoms with E-state index >= 15 is 0 Å². The Labute approximate surface area is 84.6 Å². The lowest BCUT2D eigenvalue weighted by Crippen LogP contribution is -2.24. The second-order valence-corrected chi connectivity index (χ2v) is 3.63. The summed E-state index contributed by atoms with van der Waals surface area (Å²) in [4.78, 5) is 5.48. The van der Waals surface area contributed by atoms with Gasteiger partial charge in [0.15, 0.2) is 5.60 Å². The van der Waals surface area contributed by atoms with Crippen LogP contribution < -0.4 is 0 Å². The number of benzene rings is 1. The molecule has 0 saturated carbocycles. The van der Waals surface area contributed by atoms with Gasteiger partial charge in [0.05, 0.1) is 0 Å². The fourth-order valence-corrected chi connectivity index (χ4v) is 1.89.